The molecule has 2 rings (SSSR count). The molecule has 1 aromatic heterocycles. The molecule has 0 unspecified atom stereocenters. The molecule has 1 heterocycles. The largest absolute Gasteiger partial charge is 0.262 e. The Kier molecular flexibility index (Phi) is 5.16. The third-order valence-corrected chi connectivity index (χ3v) is 3.95. The lowest BCUT2D eigenvalue weighted by molar-refractivity contribution is 0.492. The van der Waals surface area contributed by atoms with Crippen LogP contribution in [0.3, 0.4) is 0 Å². The van der Waals surface area contributed by atoms with Gasteiger partial charge in [0.1, 0.15) is 6.07 Å². The fourth-order valence-corrected chi connectivity index (χ4v) is 2.83. The number of benzene rings is 1. The molecule has 0 fully saturated rings. The summed E-state index contributed by atoms with van der Waals surface area (Å²) >= 11 is 1.64. The van der Waals surface area contributed by atoms with Crippen molar-refractivity contribution in [3.05, 3.63) is 59.4 Å². The van der Waals surface area contributed by atoms with Gasteiger partial charge in [-0.1, -0.05) is 36.8 Å². The molecule has 3 nitrogen and oxygen atoms in total. The summed E-state index contributed by atoms with van der Waals surface area (Å²) in [4.78, 5) is 5.09. The van der Waals surface area contributed by atoms with Crippen molar-refractivity contribution in [1.82, 2.24) is 9.29 Å². The molecule has 4 heteroatoms. The first-order valence-corrected chi connectivity index (χ1v) is 7.32. The maximum Gasteiger partial charge on any atom is 0.101 e. The van der Waals surface area contributed by atoms with E-state index in [9.17, 15) is 0 Å². The Hall–Kier alpha value is -1.83. The maximum atomic E-state index is 8.91. The summed E-state index contributed by atoms with van der Waals surface area (Å²) in [6.07, 6.45) is 3.38. The van der Waals surface area contributed by atoms with E-state index in [1.54, 1.807) is 24.3 Å². The van der Waals surface area contributed by atoms with E-state index >= 15 is 0 Å². The van der Waals surface area contributed by atoms with E-state index in [0.29, 0.717) is 5.56 Å². The van der Waals surface area contributed by atoms with Gasteiger partial charge in [0.2, 0.25) is 0 Å². The molecule has 0 spiro atoms. The van der Waals surface area contributed by atoms with E-state index in [-0.39, 0.29) is 0 Å². The van der Waals surface area contributed by atoms with Crippen molar-refractivity contribution in [2.45, 2.75) is 25.3 Å². The van der Waals surface area contributed by atoms with Crippen LogP contribution in [0.1, 0.15) is 23.6 Å². The van der Waals surface area contributed by atoms with Gasteiger partial charge in [0.15, 0.2) is 0 Å². The Morgan fingerprint density at radius 3 is 2.85 bits per heavy atom. The molecule has 1 aromatic carbocycles. The highest BCUT2D eigenvalue weighted by Crippen LogP contribution is 2.24. The number of aromatic nitrogens is 1. The summed E-state index contributed by atoms with van der Waals surface area (Å²) in [5.74, 6) is 0. The van der Waals surface area contributed by atoms with Crippen LogP contribution >= 0.6 is 11.9 Å². The van der Waals surface area contributed by atoms with Gasteiger partial charge in [-0.2, -0.15) is 5.26 Å². The van der Waals surface area contributed by atoms with Gasteiger partial charge in [0.05, 0.1) is 5.56 Å². The molecule has 0 amide bonds. The van der Waals surface area contributed by atoms with E-state index in [1.807, 2.05) is 6.07 Å². The van der Waals surface area contributed by atoms with E-state index < -0.39 is 0 Å². The highest BCUT2D eigenvalue weighted by molar-refractivity contribution is 7.97. The Morgan fingerprint density at radius 1 is 1.30 bits per heavy atom. The fourth-order valence-electron chi connectivity index (χ4n) is 1.90. The van der Waals surface area contributed by atoms with E-state index in [0.717, 1.165) is 18.0 Å². The van der Waals surface area contributed by atoms with Crippen molar-refractivity contribution in [2.24, 2.45) is 0 Å². The summed E-state index contributed by atoms with van der Waals surface area (Å²) < 4.78 is 2.26. The molecule has 0 bridgehead atoms. The van der Waals surface area contributed by atoms with Gasteiger partial charge in [0.25, 0.3) is 0 Å². The zero-order valence-corrected chi connectivity index (χ0v) is 12.5. The minimum Gasteiger partial charge on any atom is -0.262 e. The van der Waals surface area contributed by atoms with E-state index in [2.05, 4.69) is 53.5 Å². The van der Waals surface area contributed by atoms with Gasteiger partial charge >= 0.3 is 0 Å². The minimum absolute atomic E-state index is 0.599. The van der Waals surface area contributed by atoms with Crippen LogP contribution < -0.4 is 0 Å². The number of aryl methyl sites for hydroxylation is 1. The quantitative estimate of drug-likeness (QED) is 0.783. The highest BCUT2D eigenvalue weighted by atomic mass is 32.2. The van der Waals surface area contributed by atoms with Crippen LogP contribution in [0.5, 0.6) is 0 Å². The zero-order chi connectivity index (χ0) is 14.4. The SMILES string of the molecule is CCN(Cc1cccc(C)c1)Sc1cncc(C#N)c1. The molecule has 0 radical (unpaired) electrons. The number of pyridine rings is 1. The van der Waals surface area contributed by atoms with Gasteiger partial charge in [0, 0.05) is 30.4 Å². The summed E-state index contributed by atoms with van der Waals surface area (Å²) in [5, 5.41) is 8.91. The standard InChI is InChI=1S/C16H17N3S/c1-3-19(12-14-6-4-5-13(2)7-14)20-16-8-15(9-17)10-18-11-16/h4-8,10-11H,3,12H2,1-2H3. The summed E-state index contributed by atoms with van der Waals surface area (Å²) in [7, 11) is 0. The van der Waals surface area contributed by atoms with Crippen molar-refractivity contribution in [2.75, 3.05) is 6.54 Å². The van der Waals surface area contributed by atoms with Crippen LogP contribution in [-0.2, 0) is 6.54 Å². The highest BCUT2D eigenvalue weighted by Gasteiger charge is 2.07. The average Bonchev–Trinajstić information content (AvgIpc) is 2.47. The van der Waals surface area contributed by atoms with E-state index in [4.69, 9.17) is 5.26 Å². The van der Waals surface area contributed by atoms with Crippen LogP contribution in [0, 0.1) is 18.3 Å². The van der Waals surface area contributed by atoms with Crippen molar-refractivity contribution >= 4 is 11.9 Å². The first-order valence-electron chi connectivity index (χ1n) is 6.55. The minimum atomic E-state index is 0.599. The van der Waals surface area contributed by atoms with Gasteiger partial charge in [-0.05, 0) is 30.5 Å². The van der Waals surface area contributed by atoms with Crippen LogP contribution in [0.15, 0.2) is 47.6 Å². The molecule has 0 aliphatic carbocycles. The predicted octanol–water partition coefficient (Wildman–Crippen LogP) is 3.79. The molecule has 2 aromatic rings. The third kappa shape index (κ3) is 4.09. The Morgan fingerprint density at radius 2 is 2.15 bits per heavy atom. The van der Waals surface area contributed by atoms with Crippen LogP contribution in [0.2, 0.25) is 0 Å². The molecule has 0 aliphatic heterocycles. The van der Waals surface area contributed by atoms with Crippen LogP contribution in [0.4, 0.5) is 0 Å². The van der Waals surface area contributed by atoms with Crippen molar-refractivity contribution in [1.29, 1.82) is 5.26 Å². The Labute approximate surface area is 124 Å². The normalized spacial score (nSPS) is 10.5. The molecule has 0 atom stereocenters. The summed E-state index contributed by atoms with van der Waals surface area (Å²) in [5.41, 5.74) is 3.17. The van der Waals surface area contributed by atoms with E-state index in [1.165, 1.54) is 11.1 Å². The summed E-state index contributed by atoms with van der Waals surface area (Å²) in [6, 6.07) is 12.5. The van der Waals surface area contributed by atoms with Crippen molar-refractivity contribution in [3.8, 4) is 6.07 Å². The van der Waals surface area contributed by atoms with Gasteiger partial charge in [-0.3, -0.25) is 4.98 Å². The Balaban J connectivity index is 2.07. The molecular formula is C16H17N3S. The maximum absolute atomic E-state index is 8.91. The zero-order valence-electron chi connectivity index (χ0n) is 11.7. The number of nitrogens with zero attached hydrogens (tertiary/aromatic N) is 3. The molecule has 0 saturated carbocycles. The molecule has 0 aliphatic rings. The molecule has 0 saturated heterocycles. The number of nitriles is 1. The second-order valence-electron chi connectivity index (χ2n) is 4.56. The molecular weight excluding hydrogens is 266 g/mol. The lowest BCUT2D eigenvalue weighted by Crippen LogP contribution is -2.14. The number of hydrogen-bond acceptors (Lipinski definition) is 4. The first kappa shape index (κ1) is 14.6. The molecule has 102 valence electrons. The van der Waals surface area contributed by atoms with Gasteiger partial charge in [-0.15, -0.1) is 0 Å². The topological polar surface area (TPSA) is 39.9 Å². The summed E-state index contributed by atoms with van der Waals surface area (Å²) in [6.45, 7) is 6.03. The van der Waals surface area contributed by atoms with Gasteiger partial charge < -0.3 is 0 Å². The Bertz CT molecular complexity index is 619. The molecule has 0 N–H and O–H groups in total. The van der Waals surface area contributed by atoms with Crippen molar-refractivity contribution < 1.29 is 0 Å². The first-order chi connectivity index (χ1) is 9.71. The predicted molar refractivity (Wildman–Crippen MR) is 82.1 cm³/mol. The number of rotatable bonds is 5. The van der Waals surface area contributed by atoms with Crippen LogP contribution in [0.25, 0.3) is 0 Å². The monoisotopic (exact) mass is 283 g/mol. The smallest absolute Gasteiger partial charge is 0.101 e. The number of hydrogen-bond donors (Lipinski definition) is 0. The lowest BCUT2D eigenvalue weighted by atomic mass is 10.1. The second-order valence-corrected chi connectivity index (χ2v) is 5.73. The van der Waals surface area contributed by atoms with Gasteiger partial charge in [-0.25, -0.2) is 4.31 Å². The lowest BCUT2D eigenvalue weighted by Gasteiger charge is -2.19. The third-order valence-electron chi connectivity index (χ3n) is 2.87. The van der Waals surface area contributed by atoms with Crippen LogP contribution in [-0.4, -0.2) is 15.8 Å². The average molecular weight is 283 g/mol. The van der Waals surface area contributed by atoms with Crippen molar-refractivity contribution in [3.63, 3.8) is 0 Å². The fraction of sp³-hybridized carbons (Fsp3) is 0.250. The molecule has 20 heavy (non-hydrogen) atoms. The second kappa shape index (κ2) is 7.09.